The summed E-state index contributed by atoms with van der Waals surface area (Å²) < 4.78 is 13.9. The average Bonchev–Trinajstić information content (AvgIpc) is 3.33. The van der Waals surface area contributed by atoms with Crippen molar-refractivity contribution < 1.29 is 9.18 Å². The minimum Gasteiger partial charge on any atom is -0.326 e. The minimum absolute atomic E-state index is 0.0180. The van der Waals surface area contributed by atoms with E-state index in [2.05, 4.69) is 16.4 Å². The maximum absolute atomic E-state index is 13.9. The maximum Gasteiger partial charge on any atom is 0.227 e. The Bertz CT molecular complexity index is 1100. The first kappa shape index (κ1) is 20.4. The Hall–Kier alpha value is -2.46. The first-order valence-electron chi connectivity index (χ1n) is 11.1. The van der Waals surface area contributed by atoms with Crippen LogP contribution in [-0.2, 0) is 4.79 Å². The molecule has 31 heavy (non-hydrogen) atoms. The molecule has 1 amide bonds. The van der Waals surface area contributed by atoms with Crippen molar-refractivity contribution in [3.05, 3.63) is 71.1 Å². The zero-order chi connectivity index (χ0) is 21.5. The molecule has 0 spiro atoms. The lowest BCUT2D eigenvalue weighted by Crippen LogP contribution is -2.26. The molecule has 1 aromatic heterocycles. The van der Waals surface area contributed by atoms with E-state index in [-0.39, 0.29) is 17.6 Å². The summed E-state index contributed by atoms with van der Waals surface area (Å²) in [6.07, 6.45) is 6.25. The van der Waals surface area contributed by atoms with E-state index in [9.17, 15) is 9.18 Å². The van der Waals surface area contributed by atoms with Crippen LogP contribution >= 0.6 is 11.6 Å². The van der Waals surface area contributed by atoms with Gasteiger partial charge in [0.2, 0.25) is 5.91 Å². The number of amides is 1. The summed E-state index contributed by atoms with van der Waals surface area (Å²) >= 11 is 5.93. The summed E-state index contributed by atoms with van der Waals surface area (Å²) in [6, 6.07) is 14.2. The van der Waals surface area contributed by atoms with Crippen molar-refractivity contribution in [2.24, 2.45) is 23.7 Å². The number of rotatable bonds is 4. The number of benzene rings is 2. The molecule has 3 nitrogen and oxygen atoms in total. The number of hydrogen-bond acceptors (Lipinski definition) is 2. The molecule has 0 aliphatic heterocycles. The number of aromatic nitrogens is 1. The molecule has 0 radical (unpaired) electrons. The van der Waals surface area contributed by atoms with Crippen LogP contribution in [-0.4, -0.2) is 10.9 Å². The van der Waals surface area contributed by atoms with Gasteiger partial charge in [0.1, 0.15) is 5.82 Å². The Balaban J connectivity index is 1.24. The molecule has 0 saturated heterocycles. The van der Waals surface area contributed by atoms with Gasteiger partial charge < -0.3 is 5.32 Å². The van der Waals surface area contributed by atoms with Gasteiger partial charge in [-0.2, -0.15) is 0 Å². The SMILES string of the molecule is CC(C(=O)Nc1ccc(Cl)cc1)C1C[C@H]2CC(c3ccnc4ccc(F)cc34)C[C@H]2C1. The number of nitrogens with zero attached hydrogens (tertiary/aromatic N) is 1. The van der Waals surface area contributed by atoms with Gasteiger partial charge in [-0.1, -0.05) is 18.5 Å². The van der Waals surface area contributed by atoms with Gasteiger partial charge in [0.05, 0.1) is 5.52 Å². The molecule has 3 unspecified atom stereocenters. The first-order chi connectivity index (χ1) is 15.0. The number of carbonyl (C=O) groups excluding carboxylic acids is 1. The van der Waals surface area contributed by atoms with E-state index in [1.165, 1.54) is 11.6 Å². The van der Waals surface area contributed by atoms with Crippen LogP contribution in [0.25, 0.3) is 10.9 Å². The number of anilines is 1. The van der Waals surface area contributed by atoms with Gasteiger partial charge in [-0.15, -0.1) is 0 Å². The van der Waals surface area contributed by atoms with Crippen LogP contribution in [0.3, 0.4) is 0 Å². The summed E-state index contributed by atoms with van der Waals surface area (Å²) in [6.45, 7) is 2.05. The lowest BCUT2D eigenvalue weighted by molar-refractivity contribution is -0.120. The van der Waals surface area contributed by atoms with Gasteiger partial charge in [0.15, 0.2) is 0 Å². The topological polar surface area (TPSA) is 42.0 Å². The molecule has 1 N–H and O–H groups in total. The average molecular weight is 437 g/mol. The zero-order valence-corrected chi connectivity index (χ0v) is 18.3. The third-order valence-corrected chi connectivity index (χ3v) is 7.71. The van der Waals surface area contributed by atoms with Gasteiger partial charge >= 0.3 is 0 Å². The number of carbonyl (C=O) groups is 1. The molecule has 1 heterocycles. The first-order valence-corrected chi connectivity index (χ1v) is 11.5. The Morgan fingerprint density at radius 3 is 2.48 bits per heavy atom. The van der Waals surface area contributed by atoms with Gasteiger partial charge in [-0.05, 0) is 103 Å². The van der Waals surface area contributed by atoms with E-state index in [0.29, 0.717) is 28.7 Å². The second-order valence-electron chi connectivity index (χ2n) is 9.27. The van der Waals surface area contributed by atoms with Crippen LogP contribution in [0.2, 0.25) is 5.02 Å². The smallest absolute Gasteiger partial charge is 0.227 e. The summed E-state index contributed by atoms with van der Waals surface area (Å²) in [5, 5.41) is 4.64. The quantitative estimate of drug-likeness (QED) is 0.487. The van der Waals surface area contributed by atoms with Crippen LogP contribution in [0.5, 0.6) is 0 Å². The van der Waals surface area contributed by atoms with Crippen LogP contribution in [0.15, 0.2) is 54.7 Å². The predicted octanol–water partition coefficient (Wildman–Crippen LogP) is 6.82. The largest absolute Gasteiger partial charge is 0.326 e. The van der Waals surface area contributed by atoms with Crippen molar-refractivity contribution in [3.8, 4) is 0 Å². The summed E-state index contributed by atoms with van der Waals surface area (Å²) in [4.78, 5) is 17.2. The minimum atomic E-state index is -0.208. The Morgan fingerprint density at radius 1 is 1.06 bits per heavy atom. The normalized spacial score (nSPS) is 26.0. The highest BCUT2D eigenvalue weighted by atomic mass is 35.5. The van der Waals surface area contributed by atoms with Crippen molar-refractivity contribution in [1.29, 1.82) is 0 Å². The van der Waals surface area contributed by atoms with E-state index in [4.69, 9.17) is 11.6 Å². The highest BCUT2D eigenvalue weighted by Gasteiger charge is 2.44. The molecule has 5 rings (SSSR count). The Morgan fingerprint density at radius 2 is 1.77 bits per heavy atom. The lowest BCUT2D eigenvalue weighted by Gasteiger charge is -2.21. The highest BCUT2D eigenvalue weighted by molar-refractivity contribution is 6.30. The third kappa shape index (κ3) is 4.06. The molecule has 5 heteroatoms. The van der Waals surface area contributed by atoms with Crippen LogP contribution < -0.4 is 5.32 Å². The van der Waals surface area contributed by atoms with Gasteiger partial charge in [0.25, 0.3) is 0 Å². The fourth-order valence-corrected chi connectivity index (χ4v) is 5.95. The standard InChI is InChI=1S/C26H26ClFN2O/c1-15(26(31)30-22-5-2-20(27)3-6-22)16-10-17-12-19(13-18(17)11-16)23-8-9-29-25-7-4-21(28)14-24(23)25/h2-9,14-19H,10-13H2,1H3,(H,30,31)/t15?,16?,17-,18+,19?. The van der Waals surface area contributed by atoms with Crippen molar-refractivity contribution >= 4 is 34.1 Å². The highest BCUT2D eigenvalue weighted by Crippen LogP contribution is 2.54. The maximum atomic E-state index is 13.9. The zero-order valence-electron chi connectivity index (χ0n) is 17.5. The molecule has 2 aromatic carbocycles. The van der Waals surface area contributed by atoms with Crippen molar-refractivity contribution in [2.45, 2.75) is 38.5 Å². The molecule has 2 aliphatic rings. The molecule has 0 bridgehead atoms. The van der Waals surface area contributed by atoms with Gasteiger partial charge in [-0.25, -0.2) is 4.39 Å². The fourth-order valence-electron chi connectivity index (χ4n) is 5.82. The van der Waals surface area contributed by atoms with Crippen LogP contribution in [0, 0.1) is 29.5 Å². The predicted molar refractivity (Wildman–Crippen MR) is 123 cm³/mol. The second kappa shape index (κ2) is 8.23. The van der Waals surface area contributed by atoms with E-state index < -0.39 is 0 Å². The molecular weight excluding hydrogens is 411 g/mol. The Labute approximate surface area is 187 Å². The summed E-state index contributed by atoms with van der Waals surface area (Å²) in [7, 11) is 0. The molecule has 5 atom stereocenters. The molecule has 2 saturated carbocycles. The monoisotopic (exact) mass is 436 g/mol. The van der Waals surface area contributed by atoms with E-state index in [0.717, 1.165) is 42.3 Å². The van der Waals surface area contributed by atoms with Crippen molar-refractivity contribution in [1.82, 2.24) is 4.98 Å². The lowest BCUT2D eigenvalue weighted by atomic mass is 9.86. The number of nitrogens with one attached hydrogen (secondary N) is 1. The van der Waals surface area contributed by atoms with Gasteiger partial charge in [0, 0.05) is 28.2 Å². The molecule has 2 fully saturated rings. The number of halogens is 2. The van der Waals surface area contributed by atoms with Crippen molar-refractivity contribution in [2.75, 3.05) is 5.32 Å². The molecule has 3 aromatic rings. The van der Waals surface area contributed by atoms with E-state index >= 15 is 0 Å². The Kier molecular flexibility index (Phi) is 5.43. The summed E-state index contributed by atoms with van der Waals surface area (Å²) in [5.74, 6) is 1.99. The van der Waals surface area contributed by atoms with Crippen LogP contribution in [0.4, 0.5) is 10.1 Å². The number of fused-ring (bicyclic) bond motifs is 2. The summed E-state index contributed by atoms with van der Waals surface area (Å²) in [5.41, 5.74) is 2.88. The molecule has 2 aliphatic carbocycles. The third-order valence-electron chi connectivity index (χ3n) is 7.46. The van der Waals surface area contributed by atoms with Crippen LogP contribution in [0.1, 0.15) is 44.1 Å². The van der Waals surface area contributed by atoms with Crippen molar-refractivity contribution in [3.63, 3.8) is 0 Å². The fraction of sp³-hybridized carbons (Fsp3) is 0.385. The number of pyridine rings is 1. The second-order valence-corrected chi connectivity index (χ2v) is 9.70. The number of hydrogen-bond donors (Lipinski definition) is 1. The van der Waals surface area contributed by atoms with Gasteiger partial charge in [-0.3, -0.25) is 9.78 Å². The molecular formula is C26H26ClFN2O. The molecule has 160 valence electrons. The van der Waals surface area contributed by atoms with E-state index in [1.54, 1.807) is 24.3 Å². The van der Waals surface area contributed by atoms with E-state index in [1.807, 2.05) is 25.3 Å².